The van der Waals surface area contributed by atoms with E-state index in [-0.39, 0.29) is 6.71 Å². The van der Waals surface area contributed by atoms with Crippen molar-refractivity contribution in [3.63, 3.8) is 0 Å². The van der Waals surface area contributed by atoms with Gasteiger partial charge in [0, 0.05) is 35.4 Å². The third-order valence-electron chi connectivity index (χ3n) is 12.1. The minimum absolute atomic E-state index is 0.0349. The highest BCUT2D eigenvalue weighted by Gasteiger charge is 2.54. The first-order valence-corrected chi connectivity index (χ1v) is 21.4. The molecule has 0 N–H and O–H groups in total. The summed E-state index contributed by atoms with van der Waals surface area (Å²) in [5.74, 6) is 1.62. The number of anilines is 6. The molecule has 0 radical (unpaired) electrons. The topological polar surface area (TPSA) is 41.5 Å². The maximum absolute atomic E-state index is 7.34. The van der Waals surface area contributed by atoms with Crippen molar-refractivity contribution in [1.29, 1.82) is 0 Å². The van der Waals surface area contributed by atoms with E-state index in [9.17, 15) is 0 Å². The van der Waals surface area contributed by atoms with E-state index in [1.54, 1.807) is 0 Å². The molecule has 12 rings (SSSR count). The number of aromatic nitrogens is 2. The van der Waals surface area contributed by atoms with Crippen LogP contribution in [0.25, 0.3) is 10.9 Å². The zero-order valence-corrected chi connectivity index (χ0v) is 31.8. The van der Waals surface area contributed by atoms with Gasteiger partial charge in [-0.2, -0.15) is 0 Å². The molecular formula is C50H33BN4OSi. The lowest BCUT2D eigenvalue weighted by Crippen LogP contribution is -2.87. The van der Waals surface area contributed by atoms with Gasteiger partial charge < -0.3 is 14.5 Å². The number of benzene rings is 7. The lowest BCUT2D eigenvalue weighted by Gasteiger charge is -2.49. The number of fused-ring (bicyclic) bond motifs is 8. The second-order valence-electron chi connectivity index (χ2n) is 14.9. The van der Waals surface area contributed by atoms with Crippen LogP contribution in [0.4, 0.5) is 34.1 Å². The quantitative estimate of drug-likeness (QED) is 0.179. The Bertz CT molecular complexity index is 2990. The molecule has 7 aromatic carbocycles. The van der Waals surface area contributed by atoms with E-state index in [1.165, 1.54) is 37.1 Å². The molecule has 0 unspecified atom stereocenters. The number of rotatable bonds is 4. The number of hydrogen-bond acceptors (Lipinski definition) is 5. The highest BCUT2D eigenvalue weighted by molar-refractivity contribution is 7.26. The summed E-state index contributed by atoms with van der Waals surface area (Å²) in [4.78, 5) is 14.3. The Morgan fingerprint density at radius 1 is 0.491 bits per heavy atom. The summed E-state index contributed by atoms with van der Waals surface area (Å²) in [6.45, 7) is -0.0349. The van der Waals surface area contributed by atoms with E-state index < -0.39 is 8.07 Å². The van der Waals surface area contributed by atoms with Crippen LogP contribution in [0, 0.1) is 0 Å². The van der Waals surface area contributed by atoms with Crippen molar-refractivity contribution in [3.05, 3.63) is 201 Å². The Balaban J connectivity index is 1.31. The minimum atomic E-state index is -3.06. The predicted octanol–water partition coefficient (Wildman–Crippen LogP) is 7.20. The molecular weight excluding hydrogens is 711 g/mol. The van der Waals surface area contributed by atoms with Crippen LogP contribution in [0.5, 0.6) is 11.5 Å². The van der Waals surface area contributed by atoms with Crippen LogP contribution in [0.3, 0.4) is 0 Å². The molecule has 0 fully saturated rings. The predicted molar refractivity (Wildman–Crippen MR) is 237 cm³/mol. The first kappa shape index (κ1) is 32.1. The maximum atomic E-state index is 7.34. The fourth-order valence-electron chi connectivity index (χ4n) is 9.93. The van der Waals surface area contributed by atoms with Crippen molar-refractivity contribution < 1.29 is 4.74 Å². The third kappa shape index (κ3) is 4.46. The fraction of sp³-hybridized carbons (Fsp3) is 0. The van der Waals surface area contributed by atoms with Crippen LogP contribution in [0.15, 0.2) is 201 Å². The summed E-state index contributed by atoms with van der Waals surface area (Å²) >= 11 is 0. The first-order valence-electron chi connectivity index (χ1n) is 19.4. The normalized spacial score (nSPS) is 14.1. The van der Waals surface area contributed by atoms with Gasteiger partial charge in [0.05, 0.1) is 28.3 Å². The van der Waals surface area contributed by atoms with E-state index in [1.807, 2.05) is 24.7 Å². The number of pyridine rings is 2. The van der Waals surface area contributed by atoms with Crippen LogP contribution >= 0.6 is 0 Å². The van der Waals surface area contributed by atoms with Gasteiger partial charge >= 0.3 is 0 Å². The number of nitrogens with zero attached hydrogens (tertiary/aromatic N) is 4. The molecule has 0 aliphatic carbocycles. The lowest BCUT2D eigenvalue weighted by atomic mass is 9.34. The van der Waals surface area contributed by atoms with Gasteiger partial charge in [-0.05, 0) is 80.2 Å². The van der Waals surface area contributed by atoms with Crippen LogP contribution in [-0.4, -0.2) is 24.8 Å². The summed E-state index contributed by atoms with van der Waals surface area (Å²) in [7, 11) is -3.06. The minimum Gasteiger partial charge on any atom is -0.451 e. The lowest BCUT2D eigenvalue weighted by molar-refractivity contribution is 0.478. The molecule has 0 bridgehead atoms. The number of hydrogen-bond donors (Lipinski definition) is 0. The molecule has 57 heavy (non-hydrogen) atoms. The van der Waals surface area contributed by atoms with Crippen molar-refractivity contribution in [3.8, 4) is 11.5 Å². The van der Waals surface area contributed by atoms with Gasteiger partial charge in [0.2, 0.25) is 6.71 Å². The van der Waals surface area contributed by atoms with Crippen LogP contribution in [0.2, 0.25) is 0 Å². The van der Waals surface area contributed by atoms with Gasteiger partial charge in [0.1, 0.15) is 0 Å². The summed E-state index contributed by atoms with van der Waals surface area (Å²) in [5, 5.41) is 6.53. The van der Waals surface area contributed by atoms with Crippen LogP contribution < -0.4 is 51.7 Å². The van der Waals surface area contributed by atoms with Crippen molar-refractivity contribution in [2.24, 2.45) is 0 Å². The number of para-hydroxylation sites is 4. The zero-order valence-electron chi connectivity index (χ0n) is 30.8. The molecule has 3 aliphatic rings. The Hall–Kier alpha value is -7.22. The molecule has 3 aliphatic heterocycles. The molecule has 0 atom stereocenters. The van der Waals surface area contributed by atoms with Crippen LogP contribution in [0.1, 0.15) is 0 Å². The molecule has 7 heteroatoms. The Kier molecular flexibility index (Phi) is 6.97. The SMILES string of the molecule is c1ccc([Si]2(c3ccccc3)c3ccccc3B3c4ccccc4N(c4ccncc4)c4c5c(cc2c43)N(c2cccc3cccnc23)c2ccccc2O5)cc1. The summed E-state index contributed by atoms with van der Waals surface area (Å²) in [6, 6.07) is 66.5. The molecule has 5 nitrogen and oxygen atoms in total. The van der Waals surface area contributed by atoms with Gasteiger partial charge in [-0.15, -0.1) is 0 Å². The van der Waals surface area contributed by atoms with Gasteiger partial charge in [-0.25, -0.2) is 0 Å². The summed E-state index contributed by atoms with van der Waals surface area (Å²) in [5.41, 5.74) is 11.0. The highest BCUT2D eigenvalue weighted by Crippen LogP contribution is 2.56. The highest BCUT2D eigenvalue weighted by atomic mass is 28.3. The fourth-order valence-corrected chi connectivity index (χ4v) is 15.2. The molecule has 0 saturated carbocycles. The van der Waals surface area contributed by atoms with E-state index in [0.717, 1.165) is 56.5 Å². The van der Waals surface area contributed by atoms with Crippen molar-refractivity contribution in [1.82, 2.24) is 9.97 Å². The van der Waals surface area contributed by atoms with E-state index in [2.05, 4.69) is 191 Å². The van der Waals surface area contributed by atoms with E-state index in [0.29, 0.717) is 0 Å². The maximum Gasteiger partial charge on any atom is 0.246 e. The van der Waals surface area contributed by atoms with Crippen molar-refractivity contribution >= 4 is 96.9 Å². The second-order valence-corrected chi connectivity index (χ2v) is 18.6. The zero-order chi connectivity index (χ0) is 37.5. The Labute approximate surface area is 332 Å². The summed E-state index contributed by atoms with van der Waals surface area (Å²) in [6.07, 6.45) is 5.67. The van der Waals surface area contributed by atoms with Crippen molar-refractivity contribution in [2.45, 2.75) is 0 Å². The largest absolute Gasteiger partial charge is 0.451 e. The van der Waals surface area contributed by atoms with E-state index in [4.69, 9.17) is 9.72 Å². The third-order valence-corrected chi connectivity index (χ3v) is 17.0. The smallest absolute Gasteiger partial charge is 0.246 e. The molecule has 2 aromatic heterocycles. The van der Waals surface area contributed by atoms with E-state index >= 15 is 0 Å². The second kappa shape index (κ2) is 12.4. The molecule has 5 heterocycles. The molecule has 9 aromatic rings. The van der Waals surface area contributed by atoms with Crippen molar-refractivity contribution in [2.75, 3.05) is 9.80 Å². The number of ether oxygens (including phenoxy) is 1. The molecule has 0 saturated heterocycles. The monoisotopic (exact) mass is 744 g/mol. The van der Waals surface area contributed by atoms with Gasteiger partial charge in [-0.1, -0.05) is 139 Å². The molecule has 0 spiro atoms. The molecule has 0 amide bonds. The molecule has 266 valence electrons. The standard InChI is InChI=1S/C50H33BN4OSi/c1-3-17-36(18-4-1)57(37-19-5-2-6-20-37)45-27-12-8-22-39(45)51-38-21-7-9-23-40(38)54(35-28-31-52-32-29-35)49-47(51)46(57)33-43-50(49)56-44-26-11-10-24-41(44)55(43)42-25-13-15-34-16-14-30-53-48(34)42/h1-33H. The Morgan fingerprint density at radius 3 is 1.93 bits per heavy atom. The average molecular weight is 745 g/mol. The van der Waals surface area contributed by atoms with Crippen LogP contribution in [-0.2, 0) is 0 Å². The average Bonchev–Trinajstić information content (AvgIpc) is 3.29. The Morgan fingerprint density at radius 2 is 1.14 bits per heavy atom. The van der Waals surface area contributed by atoms with Gasteiger partial charge in [-0.3, -0.25) is 9.97 Å². The van der Waals surface area contributed by atoms with Gasteiger partial charge in [0.15, 0.2) is 19.6 Å². The van der Waals surface area contributed by atoms with Gasteiger partial charge in [0.25, 0.3) is 0 Å². The summed E-state index contributed by atoms with van der Waals surface area (Å²) < 4.78 is 7.34. The first-order chi connectivity index (χ1) is 28.3.